The molecule has 2 N–H and O–H groups in total. The van der Waals surface area contributed by atoms with Crippen LogP contribution in [0.25, 0.3) is 0 Å². The molecule has 1 heterocycles. The Kier molecular flexibility index (Phi) is 4.00. The number of hydrogen-bond acceptors (Lipinski definition) is 4. The summed E-state index contributed by atoms with van der Waals surface area (Å²) in [6.45, 7) is 3.41. The van der Waals surface area contributed by atoms with Crippen LogP contribution >= 0.6 is 11.3 Å². The van der Waals surface area contributed by atoms with Gasteiger partial charge in [0.05, 0.1) is 12.0 Å². The molecule has 0 unspecified atom stereocenters. The predicted molar refractivity (Wildman–Crippen MR) is 60.0 cm³/mol. The minimum atomic E-state index is -1.03. The third-order valence-corrected chi connectivity index (χ3v) is 2.88. The smallest absolute Gasteiger partial charge is 0.309 e. The van der Waals surface area contributed by atoms with Gasteiger partial charge in [0.2, 0.25) is 5.91 Å². The molecule has 0 aliphatic rings. The molecule has 0 saturated heterocycles. The summed E-state index contributed by atoms with van der Waals surface area (Å²) in [5.74, 6) is -1.25. The first-order valence-corrected chi connectivity index (χ1v) is 5.68. The molecule has 1 aromatic rings. The fourth-order valence-electron chi connectivity index (χ4n) is 1.05. The van der Waals surface area contributed by atoms with Crippen molar-refractivity contribution in [2.24, 2.45) is 5.41 Å². The van der Waals surface area contributed by atoms with E-state index in [0.29, 0.717) is 6.54 Å². The molecule has 0 bridgehead atoms. The van der Waals surface area contributed by atoms with Crippen molar-refractivity contribution in [2.75, 3.05) is 0 Å². The average Bonchev–Trinajstić information content (AvgIpc) is 2.66. The van der Waals surface area contributed by atoms with Gasteiger partial charge in [0.1, 0.15) is 5.01 Å². The molecule has 16 heavy (non-hydrogen) atoms. The maximum absolute atomic E-state index is 11.5. The van der Waals surface area contributed by atoms with Gasteiger partial charge in [0, 0.05) is 18.0 Å². The van der Waals surface area contributed by atoms with Crippen molar-refractivity contribution in [3.05, 3.63) is 16.6 Å². The van der Waals surface area contributed by atoms with Gasteiger partial charge in [-0.2, -0.15) is 0 Å². The maximum atomic E-state index is 11.5. The first-order valence-electron chi connectivity index (χ1n) is 4.80. The van der Waals surface area contributed by atoms with Crippen molar-refractivity contribution in [1.82, 2.24) is 10.3 Å². The highest BCUT2D eigenvalue weighted by Crippen LogP contribution is 2.20. The van der Waals surface area contributed by atoms with E-state index in [-0.39, 0.29) is 12.3 Å². The van der Waals surface area contributed by atoms with E-state index in [2.05, 4.69) is 10.3 Å². The second-order valence-corrected chi connectivity index (χ2v) is 5.05. The number of carboxylic acids is 1. The number of rotatable bonds is 5. The van der Waals surface area contributed by atoms with Gasteiger partial charge in [-0.15, -0.1) is 11.3 Å². The van der Waals surface area contributed by atoms with Crippen molar-refractivity contribution in [3.8, 4) is 0 Å². The lowest BCUT2D eigenvalue weighted by atomic mass is 9.89. The van der Waals surface area contributed by atoms with Gasteiger partial charge in [-0.1, -0.05) is 0 Å². The predicted octanol–water partition coefficient (Wildman–Crippen LogP) is 1.26. The molecule has 0 aliphatic carbocycles. The van der Waals surface area contributed by atoms with Crippen LogP contribution in [0.3, 0.4) is 0 Å². The fourth-order valence-corrected chi connectivity index (χ4v) is 1.61. The number of carboxylic acid groups (broad SMARTS) is 1. The van der Waals surface area contributed by atoms with Crippen molar-refractivity contribution in [1.29, 1.82) is 0 Å². The third-order valence-electron chi connectivity index (χ3n) is 2.10. The van der Waals surface area contributed by atoms with Gasteiger partial charge in [0.25, 0.3) is 0 Å². The minimum absolute atomic E-state index is 0.0340. The van der Waals surface area contributed by atoms with Crippen molar-refractivity contribution >= 4 is 23.2 Å². The normalized spacial score (nSPS) is 11.1. The van der Waals surface area contributed by atoms with Crippen molar-refractivity contribution in [2.45, 2.75) is 26.8 Å². The SMILES string of the molecule is CC(C)(CC(=O)NCc1nccs1)C(=O)O. The second-order valence-electron chi connectivity index (χ2n) is 4.07. The monoisotopic (exact) mass is 242 g/mol. The van der Waals surface area contributed by atoms with E-state index in [4.69, 9.17) is 5.11 Å². The zero-order valence-corrected chi connectivity index (χ0v) is 10.0. The summed E-state index contributed by atoms with van der Waals surface area (Å²) in [5.41, 5.74) is -1.03. The summed E-state index contributed by atoms with van der Waals surface area (Å²) in [6, 6.07) is 0. The molecular weight excluding hydrogens is 228 g/mol. The third kappa shape index (κ3) is 3.62. The van der Waals surface area contributed by atoms with Crippen LogP contribution in [0.1, 0.15) is 25.3 Å². The number of aliphatic carboxylic acids is 1. The molecule has 0 fully saturated rings. The highest BCUT2D eigenvalue weighted by atomic mass is 32.1. The van der Waals surface area contributed by atoms with Gasteiger partial charge in [-0.05, 0) is 13.8 Å². The number of thiazole rings is 1. The fraction of sp³-hybridized carbons (Fsp3) is 0.500. The van der Waals surface area contributed by atoms with E-state index in [1.807, 2.05) is 5.38 Å². The van der Waals surface area contributed by atoms with Gasteiger partial charge in [-0.3, -0.25) is 9.59 Å². The number of carbonyl (C=O) groups excluding carboxylic acids is 1. The standard InChI is InChI=1S/C10H14N2O3S/c1-10(2,9(14)15)5-7(13)12-6-8-11-3-4-16-8/h3-4H,5-6H2,1-2H3,(H,12,13)(H,14,15). The molecule has 1 aromatic heterocycles. The summed E-state index contributed by atoms with van der Waals surface area (Å²) in [7, 11) is 0. The van der Waals surface area contributed by atoms with Crippen LogP contribution in [-0.2, 0) is 16.1 Å². The topological polar surface area (TPSA) is 79.3 Å². The lowest BCUT2D eigenvalue weighted by Gasteiger charge is -2.17. The number of nitrogens with one attached hydrogen (secondary N) is 1. The van der Waals surface area contributed by atoms with E-state index < -0.39 is 11.4 Å². The quantitative estimate of drug-likeness (QED) is 0.814. The van der Waals surface area contributed by atoms with Crippen LogP contribution in [0.15, 0.2) is 11.6 Å². The first-order chi connectivity index (χ1) is 7.42. The van der Waals surface area contributed by atoms with E-state index in [9.17, 15) is 9.59 Å². The Hall–Kier alpha value is -1.43. The first kappa shape index (κ1) is 12.6. The Labute approximate surface area is 97.5 Å². The molecular formula is C10H14N2O3S. The van der Waals surface area contributed by atoms with Crippen LogP contribution in [-0.4, -0.2) is 22.0 Å². The Balaban J connectivity index is 2.39. The van der Waals surface area contributed by atoms with E-state index >= 15 is 0 Å². The molecule has 5 nitrogen and oxygen atoms in total. The highest BCUT2D eigenvalue weighted by molar-refractivity contribution is 7.09. The Morgan fingerprint density at radius 2 is 2.25 bits per heavy atom. The Morgan fingerprint density at radius 3 is 2.75 bits per heavy atom. The summed E-state index contributed by atoms with van der Waals surface area (Å²) >= 11 is 1.45. The van der Waals surface area contributed by atoms with Crippen LogP contribution in [0.4, 0.5) is 0 Å². The largest absolute Gasteiger partial charge is 0.481 e. The molecule has 0 saturated carbocycles. The minimum Gasteiger partial charge on any atom is -0.481 e. The van der Waals surface area contributed by atoms with Crippen LogP contribution in [0.5, 0.6) is 0 Å². The average molecular weight is 242 g/mol. The van der Waals surface area contributed by atoms with E-state index in [0.717, 1.165) is 5.01 Å². The summed E-state index contributed by atoms with van der Waals surface area (Å²) in [4.78, 5) is 26.3. The second kappa shape index (κ2) is 5.07. The van der Waals surface area contributed by atoms with Crippen LogP contribution in [0, 0.1) is 5.41 Å². The zero-order valence-electron chi connectivity index (χ0n) is 9.19. The van der Waals surface area contributed by atoms with E-state index in [1.165, 1.54) is 25.2 Å². The molecule has 6 heteroatoms. The lowest BCUT2D eigenvalue weighted by Crippen LogP contribution is -2.33. The summed E-state index contributed by atoms with van der Waals surface area (Å²) < 4.78 is 0. The Bertz CT molecular complexity index is 373. The van der Waals surface area contributed by atoms with Gasteiger partial charge in [-0.25, -0.2) is 4.98 Å². The molecule has 1 amide bonds. The Morgan fingerprint density at radius 1 is 1.56 bits per heavy atom. The van der Waals surface area contributed by atoms with Crippen LogP contribution < -0.4 is 5.32 Å². The molecule has 0 radical (unpaired) electrons. The lowest BCUT2D eigenvalue weighted by molar-refractivity contribution is -0.149. The molecule has 0 aromatic carbocycles. The summed E-state index contributed by atoms with van der Waals surface area (Å²) in [5, 5.41) is 14.1. The van der Waals surface area contributed by atoms with Crippen LogP contribution in [0.2, 0.25) is 0 Å². The van der Waals surface area contributed by atoms with Crippen molar-refractivity contribution in [3.63, 3.8) is 0 Å². The van der Waals surface area contributed by atoms with Gasteiger partial charge >= 0.3 is 5.97 Å². The maximum Gasteiger partial charge on any atom is 0.309 e. The molecule has 88 valence electrons. The number of hydrogen-bond donors (Lipinski definition) is 2. The number of aromatic nitrogens is 1. The number of amides is 1. The number of nitrogens with zero attached hydrogens (tertiary/aromatic N) is 1. The van der Waals surface area contributed by atoms with Gasteiger partial charge in [0.15, 0.2) is 0 Å². The van der Waals surface area contributed by atoms with Gasteiger partial charge < -0.3 is 10.4 Å². The molecule has 0 spiro atoms. The number of carbonyl (C=O) groups is 2. The molecule has 0 atom stereocenters. The zero-order chi connectivity index (χ0) is 12.2. The highest BCUT2D eigenvalue weighted by Gasteiger charge is 2.29. The molecule has 1 rings (SSSR count). The van der Waals surface area contributed by atoms with E-state index in [1.54, 1.807) is 6.20 Å². The molecule has 0 aliphatic heterocycles. The van der Waals surface area contributed by atoms with Crippen molar-refractivity contribution < 1.29 is 14.7 Å². The summed E-state index contributed by atoms with van der Waals surface area (Å²) in [6.07, 6.45) is 1.63.